The van der Waals surface area contributed by atoms with Gasteiger partial charge >= 0.3 is 0 Å². The van der Waals surface area contributed by atoms with Crippen molar-refractivity contribution in [2.45, 2.75) is 64.3 Å². The van der Waals surface area contributed by atoms with E-state index in [9.17, 15) is 9.59 Å². The van der Waals surface area contributed by atoms with Crippen LogP contribution < -0.4 is 10.6 Å². The molecule has 4 bridgehead atoms. The highest BCUT2D eigenvalue weighted by molar-refractivity contribution is 6.02. The van der Waals surface area contributed by atoms with Gasteiger partial charge < -0.3 is 10.6 Å². The largest absolute Gasteiger partial charge is 0.379 e. The zero-order chi connectivity index (χ0) is 20.4. The van der Waals surface area contributed by atoms with Gasteiger partial charge in [0.15, 0.2) is 5.78 Å². The molecule has 5 aliphatic rings. The molecule has 0 unspecified atom stereocenters. The van der Waals surface area contributed by atoms with Crippen molar-refractivity contribution in [2.75, 3.05) is 7.05 Å². The van der Waals surface area contributed by atoms with Gasteiger partial charge in [0.2, 0.25) is 0 Å². The van der Waals surface area contributed by atoms with Crippen molar-refractivity contribution >= 4 is 17.4 Å². The van der Waals surface area contributed by atoms with Crippen molar-refractivity contribution in [3.63, 3.8) is 0 Å². The third kappa shape index (κ3) is 3.21. The lowest BCUT2D eigenvalue weighted by Crippen LogP contribution is -2.50. The summed E-state index contributed by atoms with van der Waals surface area (Å²) >= 11 is 0. The number of hydrogen-bond donors (Lipinski definition) is 2. The predicted molar refractivity (Wildman–Crippen MR) is 114 cm³/mol. The number of carbonyl (C=O) groups is 2. The summed E-state index contributed by atoms with van der Waals surface area (Å²) in [5.74, 6) is 2.49. The fraction of sp³-hybridized carbons (Fsp3) is 0.600. The summed E-state index contributed by atoms with van der Waals surface area (Å²) in [6.45, 7) is 4.34. The topological polar surface area (TPSA) is 58.2 Å². The summed E-state index contributed by atoms with van der Waals surface area (Å²) in [5, 5.41) is 6.31. The van der Waals surface area contributed by atoms with E-state index in [0.717, 1.165) is 54.7 Å². The molecule has 1 aliphatic heterocycles. The van der Waals surface area contributed by atoms with Crippen LogP contribution in [0.5, 0.6) is 0 Å². The van der Waals surface area contributed by atoms with E-state index >= 15 is 0 Å². The van der Waals surface area contributed by atoms with E-state index in [1.807, 2.05) is 24.3 Å². The van der Waals surface area contributed by atoms with Crippen molar-refractivity contribution in [1.29, 1.82) is 0 Å². The molecule has 4 heteroatoms. The Labute approximate surface area is 173 Å². The molecule has 0 radical (unpaired) electrons. The summed E-state index contributed by atoms with van der Waals surface area (Å²) in [6, 6.07) is 5.87. The van der Waals surface area contributed by atoms with Crippen molar-refractivity contribution in [2.24, 2.45) is 23.2 Å². The minimum atomic E-state index is -0.135. The standard InChI is InChI=1S/C25H32N2O2/c1-24(2)14-19-5-4-18(23(29)26-3)9-20(19)21(27-24)10-22(28)25-11-15-6-16(12-25)8-17(7-15)13-25/h4-5,9-10,15-17,27H,6-8,11-14H2,1-3H3,(H,26,29)/b21-10-. The number of nitrogens with one attached hydrogen (secondary N) is 2. The smallest absolute Gasteiger partial charge is 0.251 e. The molecule has 1 aromatic carbocycles. The van der Waals surface area contributed by atoms with Gasteiger partial charge in [-0.05, 0) is 94.2 Å². The quantitative estimate of drug-likeness (QED) is 0.762. The lowest BCUT2D eigenvalue weighted by molar-refractivity contribution is -0.138. The van der Waals surface area contributed by atoms with E-state index in [-0.39, 0.29) is 16.9 Å². The molecule has 2 N–H and O–H groups in total. The molecule has 29 heavy (non-hydrogen) atoms. The SMILES string of the molecule is CNC(=O)c1ccc2c(c1)/C(=C/C(=O)C13CC4CC(CC(C4)C1)C3)NC(C)(C)C2. The van der Waals surface area contributed by atoms with Gasteiger partial charge in [-0.3, -0.25) is 9.59 Å². The van der Waals surface area contributed by atoms with E-state index < -0.39 is 0 Å². The zero-order valence-corrected chi connectivity index (χ0v) is 17.8. The molecular weight excluding hydrogens is 360 g/mol. The summed E-state index contributed by atoms with van der Waals surface area (Å²) in [5.41, 5.74) is 3.48. The first-order valence-electron chi connectivity index (χ1n) is 11.2. The Morgan fingerprint density at radius 3 is 2.28 bits per heavy atom. The van der Waals surface area contributed by atoms with Crippen LogP contribution in [-0.4, -0.2) is 24.3 Å². The summed E-state index contributed by atoms with van der Waals surface area (Å²) in [4.78, 5) is 25.8. The average molecular weight is 393 g/mol. The van der Waals surface area contributed by atoms with Crippen LogP contribution in [0.4, 0.5) is 0 Å². The summed E-state index contributed by atoms with van der Waals surface area (Å²) in [7, 11) is 1.65. The second-order valence-corrected chi connectivity index (χ2v) is 10.8. The average Bonchev–Trinajstić information content (AvgIpc) is 2.65. The van der Waals surface area contributed by atoms with E-state index in [1.54, 1.807) is 7.05 Å². The molecule has 6 rings (SSSR count). The molecular formula is C25H32N2O2. The molecule has 4 nitrogen and oxygen atoms in total. The highest BCUT2D eigenvalue weighted by Gasteiger charge is 2.54. The minimum absolute atomic E-state index is 0.0932. The number of allylic oxidation sites excluding steroid dienone is 1. The first kappa shape index (κ1) is 18.9. The Morgan fingerprint density at radius 1 is 1.07 bits per heavy atom. The second kappa shape index (κ2) is 6.45. The van der Waals surface area contributed by atoms with Crippen molar-refractivity contribution in [3.8, 4) is 0 Å². The van der Waals surface area contributed by atoms with Gasteiger partial charge in [-0.1, -0.05) is 6.07 Å². The Hall–Kier alpha value is -2.10. The van der Waals surface area contributed by atoms with Crippen molar-refractivity contribution in [3.05, 3.63) is 41.0 Å². The molecule has 1 aromatic rings. The predicted octanol–water partition coefficient (Wildman–Crippen LogP) is 4.10. The first-order valence-corrected chi connectivity index (χ1v) is 11.2. The van der Waals surface area contributed by atoms with Gasteiger partial charge in [0.05, 0.1) is 0 Å². The van der Waals surface area contributed by atoms with Crippen molar-refractivity contribution in [1.82, 2.24) is 10.6 Å². The maximum Gasteiger partial charge on any atom is 0.251 e. The first-order chi connectivity index (χ1) is 13.8. The van der Waals surface area contributed by atoms with Crippen LogP contribution in [0.25, 0.3) is 5.70 Å². The van der Waals surface area contributed by atoms with Crippen LogP contribution in [0.3, 0.4) is 0 Å². The number of carbonyl (C=O) groups excluding carboxylic acids is 2. The van der Waals surface area contributed by atoms with Crippen LogP contribution in [-0.2, 0) is 11.2 Å². The van der Waals surface area contributed by atoms with Crippen molar-refractivity contribution < 1.29 is 9.59 Å². The highest BCUT2D eigenvalue weighted by atomic mass is 16.1. The Morgan fingerprint density at radius 2 is 1.69 bits per heavy atom. The van der Waals surface area contributed by atoms with Gasteiger partial charge in [0.1, 0.15) is 0 Å². The van der Waals surface area contributed by atoms with Gasteiger partial charge in [-0.15, -0.1) is 0 Å². The third-order valence-corrected chi connectivity index (χ3v) is 7.83. The Balaban J connectivity index is 1.52. The Bertz CT molecular complexity index is 876. The number of hydrogen-bond acceptors (Lipinski definition) is 3. The van der Waals surface area contributed by atoms with Crippen LogP contribution in [0, 0.1) is 23.2 Å². The molecule has 4 fully saturated rings. The van der Waals surface area contributed by atoms with E-state index in [4.69, 9.17) is 0 Å². The third-order valence-electron chi connectivity index (χ3n) is 7.83. The number of rotatable bonds is 3. The van der Waals surface area contributed by atoms with E-state index in [1.165, 1.54) is 24.8 Å². The zero-order valence-electron chi connectivity index (χ0n) is 17.8. The molecule has 1 amide bonds. The van der Waals surface area contributed by atoms with E-state index in [2.05, 4.69) is 24.5 Å². The number of ketones is 1. The lowest BCUT2D eigenvalue weighted by Gasteiger charge is -2.55. The number of benzene rings is 1. The van der Waals surface area contributed by atoms with Gasteiger partial charge in [0, 0.05) is 40.9 Å². The maximum atomic E-state index is 13.7. The molecule has 4 aliphatic carbocycles. The molecule has 0 saturated heterocycles. The summed E-state index contributed by atoms with van der Waals surface area (Å²) in [6.07, 6.45) is 10.0. The number of amides is 1. The van der Waals surface area contributed by atoms with Crippen LogP contribution in [0.2, 0.25) is 0 Å². The molecule has 0 spiro atoms. The second-order valence-electron chi connectivity index (χ2n) is 10.8. The van der Waals surface area contributed by atoms with Gasteiger partial charge in [-0.2, -0.15) is 0 Å². The maximum absolute atomic E-state index is 13.7. The molecule has 4 saturated carbocycles. The molecule has 154 valence electrons. The van der Waals surface area contributed by atoms with Crippen LogP contribution in [0.1, 0.15) is 73.9 Å². The van der Waals surface area contributed by atoms with Gasteiger partial charge in [0.25, 0.3) is 5.91 Å². The fourth-order valence-electron chi connectivity index (χ4n) is 7.03. The number of fused-ring (bicyclic) bond motifs is 1. The van der Waals surface area contributed by atoms with Gasteiger partial charge in [-0.25, -0.2) is 0 Å². The fourth-order valence-corrected chi connectivity index (χ4v) is 7.03. The Kier molecular flexibility index (Phi) is 4.20. The van der Waals surface area contributed by atoms with Crippen LogP contribution in [0.15, 0.2) is 24.3 Å². The van der Waals surface area contributed by atoms with Crippen LogP contribution >= 0.6 is 0 Å². The highest BCUT2D eigenvalue weighted by Crippen LogP contribution is 2.60. The lowest BCUT2D eigenvalue weighted by atomic mass is 9.48. The summed E-state index contributed by atoms with van der Waals surface area (Å²) < 4.78 is 0. The molecule has 0 aromatic heterocycles. The van der Waals surface area contributed by atoms with E-state index in [0.29, 0.717) is 11.3 Å². The normalized spacial score (nSPS) is 35.1. The molecule has 0 atom stereocenters. The minimum Gasteiger partial charge on any atom is -0.379 e. The molecule has 1 heterocycles. The monoisotopic (exact) mass is 392 g/mol.